The van der Waals surface area contributed by atoms with Crippen molar-refractivity contribution in [2.24, 2.45) is 12.5 Å². The van der Waals surface area contributed by atoms with Crippen LogP contribution in [0.25, 0.3) is 0 Å². The minimum absolute atomic E-state index is 0.0577. The molecule has 90 valence electrons. The molecule has 1 aromatic heterocycles. The van der Waals surface area contributed by atoms with Crippen molar-refractivity contribution < 1.29 is 5.11 Å². The number of aliphatic hydroxyl groups is 1. The van der Waals surface area contributed by atoms with Crippen LogP contribution in [-0.2, 0) is 13.6 Å². The van der Waals surface area contributed by atoms with E-state index in [0.717, 1.165) is 19.4 Å². The van der Waals surface area contributed by atoms with E-state index < -0.39 is 0 Å². The monoisotopic (exact) mass is 223 g/mol. The standard InChI is InChI=1S/C12H21N3O/c1-12(9-16)5-3-4-11(12)13-6-10-7-14-15(2)8-10/h7-8,11,13,16H,3-6,9H2,1-2H3. The van der Waals surface area contributed by atoms with E-state index in [1.165, 1.54) is 12.0 Å². The largest absolute Gasteiger partial charge is 0.396 e. The van der Waals surface area contributed by atoms with E-state index in [4.69, 9.17) is 0 Å². The van der Waals surface area contributed by atoms with Gasteiger partial charge < -0.3 is 10.4 Å². The van der Waals surface area contributed by atoms with E-state index in [9.17, 15) is 5.11 Å². The van der Waals surface area contributed by atoms with Crippen LogP contribution in [0.4, 0.5) is 0 Å². The van der Waals surface area contributed by atoms with Crippen LogP contribution in [0.2, 0.25) is 0 Å². The molecular weight excluding hydrogens is 202 g/mol. The molecule has 0 saturated heterocycles. The Morgan fingerprint density at radius 3 is 3.12 bits per heavy atom. The van der Waals surface area contributed by atoms with Crippen LogP contribution in [0.5, 0.6) is 0 Å². The molecule has 2 N–H and O–H groups in total. The number of hydrogen-bond acceptors (Lipinski definition) is 3. The minimum atomic E-state index is 0.0577. The van der Waals surface area contributed by atoms with Crippen LogP contribution in [0.15, 0.2) is 12.4 Å². The van der Waals surface area contributed by atoms with E-state index in [0.29, 0.717) is 6.04 Å². The molecule has 16 heavy (non-hydrogen) atoms. The van der Waals surface area contributed by atoms with Crippen molar-refractivity contribution >= 4 is 0 Å². The Labute approximate surface area is 96.7 Å². The van der Waals surface area contributed by atoms with E-state index >= 15 is 0 Å². The van der Waals surface area contributed by atoms with Crippen molar-refractivity contribution in [3.8, 4) is 0 Å². The molecule has 2 atom stereocenters. The first kappa shape index (κ1) is 11.6. The van der Waals surface area contributed by atoms with E-state index in [-0.39, 0.29) is 12.0 Å². The molecule has 0 amide bonds. The molecule has 1 fully saturated rings. The lowest BCUT2D eigenvalue weighted by atomic mass is 9.86. The molecule has 2 unspecified atom stereocenters. The highest BCUT2D eigenvalue weighted by Gasteiger charge is 2.37. The van der Waals surface area contributed by atoms with E-state index in [1.54, 1.807) is 0 Å². The van der Waals surface area contributed by atoms with Gasteiger partial charge in [-0.2, -0.15) is 5.10 Å². The van der Waals surface area contributed by atoms with Gasteiger partial charge >= 0.3 is 0 Å². The molecule has 0 spiro atoms. The third-order valence-corrected chi connectivity index (χ3v) is 3.75. The maximum Gasteiger partial charge on any atom is 0.0534 e. The second-order valence-electron chi connectivity index (χ2n) is 5.16. The first-order chi connectivity index (χ1) is 7.64. The van der Waals surface area contributed by atoms with E-state index in [1.807, 2.05) is 24.1 Å². The van der Waals surface area contributed by atoms with Crippen molar-refractivity contribution in [1.29, 1.82) is 0 Å². The van der Waals surface area contributed by atoms with Gasteiger partial charge in [-0.1, -0.05) is 13.3 Å². The molecule has 1 aromatic rings. The van der Waals surface area contributed by atoms with Gasteiger partial charge in [-0.25, -0.2) is 0 Å². The third-order valence-electron chi connectivity index (χ3n) is 3.75. The highest BCUT2D eigenvalue weighted by Crippen LogP contribution is 2.37. The molecule has 0 bridgehead atoms. The third kappa shape index (κ3) is 2.28. The Morgan fingerprint density at radius 1 is 1.69 bits per heavy atom. The average Bonchev–Trinajstić information content (AvgIpc) is 2.83. The maximum absolute atomic E-state index is 9.44. The summed E-state index contributed by atoms with van der Waals surface area (Å²) in [7, 11) is 1.93. The molecule has 1 aliphatic carbocycles. The van der Waals surface area contributed by atoms with Crippen molar-refractivity contribution in [3.63, 3.8) is 0 Å². The summed E-state index contributed by atoms with van der Waals surface area (Å²) in [5.74, 6) is 0. The summed E-state index contributed by atoms with van der Waals surface area (Å²) >= 11 is 0. The van der Waals surface area contributed by atoms with Crippen LogP contribution in [0.3, 0.4) is 0 Å². The Balaban J connectivity index is 1.90. The molecule has 4 nitrogen and oxygen atoms in total. The lowest BCUT2D eigenvalue weighted by Gasteiger charge is -2.30. The first-order valence-corrected chi connectivity index (χ1v) is 5.96. The molecule has 1 heterocycles. The number of hydrogen-bond donors (Lipinski definition) is 2. The lowest BCUT2D eigenvalue weighted by Crippen LogP contribution is -2.41. The summed E-state index contributed by atoms with van der Waals surface area (Å²) in [4.78, 5) is 0. The number of rotatable bonds is 4. The predicted octanol–water partition coefficient (Wildman–Crippen LogP) is 1.06. The van der Waals surface area contributed by atoms with Gasteiger partial charge in [0.15, 0.2) is 0 Å². The van der Waals surface area contributed by atoms with Gasteiger partial charge in [0.2, 0.25) is 0 Å². The molecule has 0 aromatic carbocycles. The highest BCUT2D eigenvalue weighted by molar-refractivity contribution is 5.04. The number of nitrogens with one attached hydrogen (secondary N) is 1. The smallest absolute Gasteiger partial charge is 0.0534 e. The predicted molar refractivity (Wildman–Crippen MR) is 62.9 cm³/mol. The molecular formula is C12H21N3O. The molecule has 0 radical (unpaired) electrons. The summed E-state index contributed by atoms with van der Waals surface area (Å²) in [5.41, 5.74) is 1.26. The second-order valence-corrected chi connectivity index (χ2v) is 5.16. The van der Waals surface area contributed by atoms with Crippen LogP contribution in [0.1, 0.15) is 31.7 Å². The Hall–Kier alpha value is -0.870. The van der Waals surface area contributed by atoms with Crippen LogP contribution in [-0.4, -0.2) is 27.5 Å². The first-order valence-electron chi connectivity index (χ1n) is 5.96. The number of aliphatic hydroxyl groups excluding tert-OH is 1. The second kappa shape index (κ2) is 4.55. The summed E-state index contributed by atoms with van der Waals surface area (Å²) in [6, 6.07) is 0.428. The zero-order chi connectivity index (χ0) is 11.6. The maximum atomic E-state index is 9.44. The van der Waals surface area contributed by atoms with Gasteiger partial charge in [-0.05, 0) is 12.8 Å². The summed E-state index contributed by atoms with van der Waals surface area (Å²) in [5, 5.41) is 17.1. The molecule has 4 heteroatoms. The fraction of sp³-hybridized carbons (Fsp3) is 0.750. The van der Waals surface area contributed by atoms with E-state index in [2.05, 4.69) is 17.3 Å². The molecule has 2 rings (SSSR count). The normalized spacial score (nSPS) is 29.8. The zero-order valence-electron chi connectivity index (χ0n) is 10.1. The van der Waals surface area contributed by atoms with Gasteiger partial charge in [0, 0.05) is 43.4 Å². The number of nitrogens with zero attached hydrogens (tertiary/aromatic N) is 2. The highest BCUT2D eigenvalue weighted by atomic mass is 16.3. The van der Waals surface area contributed by atoms with Crippen molar-refractivity contribution in [3.05, 3.63) is 18.0 Å². The van der Waals surface area contributed by atoms with Crippen LogP contribution >= 0.6 is 0 Å². The Bertz CT molecular complexity index is 350. The number of aryl methyl sites for hydroxylation is 1. The Morgan fingerprint density at radius 2 is 2.50 bits per heavy atom. The van der Waals surface area contributed by atoms with Gasteiger partial charge in [0.1, 0.15) is 0 Å². The molecule has 1 saturated carbocycles. The SMILES string of the molecule is Cn1cc(CNC2CCCC2(C)CO)cn1. The average molecular weight is 223 g/mol. The summed E-state index contributed by atoms with van der Waals surface area (Å²) in [6.07, 6.45) is 7.41. The molecule has 1 aliphatic rings. The van der Waals surface area contributed by atoms with Crippen molar-refractivity contribution in [2.75, 3.05) is 6.61 Å². The van der Waals surface area contributed by atoms with Gasteiger partial charge in [0.25, 0.3) is 0 Å². The van der Waals surface area contributed by atoms with Gasteiger partial charge in [-0.15, -0.1) is 0 Å². The summed E-state index contributed by atoms with van der Waals surface area (Å²) in [6.45, 7) is 3.28. The topological polar surface area (TPSA) is 50.1 Å². The quantitative estimate of drug-likeness (QED) is 0.802. The van der Waals surface area contributed by atoms with Crippen molar-refractivity contribution in [2.45, 2.75) is 38.8 Å². The number of aromatic nitrogens is 2. The van der Waals surface area contributed by atoms with Crippen LogP contribution < -0.4 is 5.32 Å². The summed E-state index contributed by atoms with van der Waals surface area (Å²) < 4.78 is 1.82. The Kier molecular flexibility index (Phi) is 3.30. The zero-order valence-corrected chi connectivity index (χ0v) is 10.1. The molecule has 0 aliphatic heterocycles. The van der Waals surface area contributed by atoms with Crippen LogP contribution in [0, 0.1) is 5.41 Å². The fourth-order valence-corrected chi connectivity index (χ4v) is 2.57. The fourth-order valence-electron chi connectivity index (χ4n) is 2.57. The lowest BCUT2D eigenvalue weighted by molar-refractivity contribution is 0.118. The van der Waals surface area contributed by atoms with Crippen molar-refractivity contribution in [1.82, 2.24) is 15.1 Å². The minimum Gasteiger partial charge on any atom is -0.396 e. The van der Waals surface area contributed by atoms with Gasteiger partial charge in [0.05, 0.1) is 6.20 Å². The van der Waals surface area contributed by atoms with Gasteiger partial charge in [-0.3, -0.25) is 4.68 Å².